The van der Waals surface area contributed by atoms with Gasteiger partial charge in [-0.05, 0) is 67.4 Å². The minimum Gasteiger partial charge on any atom is -0.456 e. The predicted octanol–water partition coefficient (Wildman–Crippen LogP) is 5.76. The lowest BCUT2D eigenvalue weighted by atomic mass is 10.1. The number of halogens is 1. The summed E-state index contributed by atoms with van der Waals surface area (Å²) in [6.45, 7) is 5.75. The highest BCUT2D eigenvalue weighted by atomic mass is 32.2. The molecule has 0 saturated heterocycles. The molecule has 2 heterocycles. The van der Waals surface area contributed by atoms with Crippen LogP contribution in [0.1, 0.15) is 20.8 Å². The number of benzene rings is 3. The number of furan rings is 1. The highest BCUT2D eigenvalue weighted by Crippen LogP contribution is 2.33. The van der Waals surface area contributed by atoms with Crippen LogP contribution >= 0.6 is 0 Å². The summed E-state index contributed by atoms with van der Waals surface area (Å²) in [5.74, 6) is 0.477. The maximum atomic E-state index is 13.2. The molecule has 3 aromatic carbocycles. The third kappa shape index (κ3) is 4.08. The number of rotatable bonds is 6. The molecule has 2 aromatic heterocycles. The quantitative estimate of drug-likeness (QED) is 0.332. The van der Waals surface area contributed by atoms with Gasteiger partial charge in [0.05, 0.1) is 4.90 Å². The van der Waals surface area contributed by atoms with E-state index in [1.165, 1.54) is 18.2 Å². The van der Waals surface area contributed by atoms with E-state index in [1.807, 2.05) is 26.8 Å². The molecule has 1 atom stereocenters. The van der Waals surface area contributed by atoms with Gasteiger partial charge < -0.3 is 8.94 Å². The lowest BCUT2D eigenvalue weighted by Gasteiger charge is -2.17. The Morgan fingerprint density at radius 1 is 0.882 bits per heavy atom. The zero-order valence-electron chi connectivity index (χ0n) is 18.7. The first-order valence-corrected chi connectivity index (χ1v) is 12.3. The molecule has 0 radical (unpaired) electrons. The van der Waals surface area contributed by atoms with E-state index in [0.29, 0.717) is 28.1 Å². The van der Waals surface area contributed by atoms with Crippen LogP contribution in [0.5, 0.6) is 0 Å². The highest BCUT2D eigenvalue weighted by Gasteiger charge is 2.21. The van der Waals surface area contributed by atoms with Crippen molar-refractivity contribution in [1.29, 1.82) is 0 Å². The summed E-state index contributed by atoms with van der Waals surface area (Å²) in [6, 6.07) is 15.9. The number of fused-ring (bicyclic) bond motifs is 3. The number of aromatic nitrogens is 2. The van der Waals surface area contributed by atoms with Gasteiger partial charge in [0, 0.05) is 34.0 Å². The molecule has 0 aliphatic carbocycles. The fourth-order valence-corrected chi connectivity index (χ4v) is 4.97. The lowest BCUT2D eigenvalue weighted by Crippen LogP contribution is -2.36. The Kier molecular flexibility index (Phi) is 5.45. The predicted molar refractivity (Wildman–Crippen MR) is 127 cm³/mol. The molecular weight excluding hydrogens is 457 g/mol. The van der Waals surface area contributed by atoms with Crippen molar-refractivity contribution in [2.45, 2.75) is 31.7 Å². The second-order valence-corrected chi connectivity index (χ2v) is 10.3. The summed E-state index contributed by atoms with van der Waals surface area (Å²) in [4.78, 5) is 4.57. The average molecular weight is 480 g/mol. The van der Waals surface area contributed by atoms with Gasteiger partial charge in [-0.25, -0.2) is 17.5 Å². The zero-order chi connectivity index (χ0) is 24.0. The smallest absolute Gasteiger partial charge is 0.258 e. The summed E-state index contributed by atoms with van der Waals surface area (Å²) in [5.41, 5.74) is 2.40. The van der Waals surface area contributed by atoms with E-state index in [9.17, 15) is 12.8 Å². The molecule has 0 unspecified atom stereocenters. The molecule has 0 amide bonds. The van der Waals surface area contributed by atoms with E-state index < -0.39 is 10.0 Å². The summed E-state index contributed by atoms with van der Waals surface area (Å²) in [7, 11) is -3.68. The van der Waals surface area contributed by atoms with E-state index >= 15 is 0 Å². The van der Waals surface area contributed by atoms with E-state index in [-0.39, 0.29) is 28.6 Å². The number of hydrogen-bond donors (Lipinski definition) is 1. The third-order valence-corrected chi connectivity index (χ3v) is 7.43. The number of hydrogen-bond acceptors (Lipinski definition) is 6. The summed E-state index contributed by atoms with van der Waals surface area (Å²) < 4.78 is 52.7. The highest BCUT2D eigenvalue weighted by molar-refractivity contribution is 7.89. The van der Waals surface area contributed by atoms with Gasteiger partial charge in [-0.2, -0.15) is 4.98 Å². The molecule has 0 aliphatic rings. The van der Waals surface area contributed by atoms with Crippen LogP contribution in [0.2, 0.25) is 0 Å². The molecule has 7 nitrogen and oxygen atoms in total. The minimum absolute atomic E-state index is 0.147. The number of nitrogens with zero attached hydrogens (tertiary/aromatic N) is 2. The first-order chi connectivity index (χ1) is 16.2. The maximum absolute atomic E-state index is 13.2. The van der Waals surface area contributed by atoms with Gasteiger partial charge in [-0.3, -0.25) is 0 Å². The first-order valence-electron chi connectivity index (χ1n) is 10.8. The van der Waals surface area contributed by atoms with E-state index in [0.717, 1.165) is 10.8 Å². The molecule has 0 saturated carbocycles. The van der Waals surface area contributed by atoms with Gasteiger partial charge in [0.2, 0.25) is 15.8 Å². The maximum Gasteiger partial charge on any atom is 0.258 e. The summed E-state index contributed by atoms with van der Waals surface area (Å²) >= 11 is 0. The monoisotopic (exact) mass is 479 g/mol. The fourth-order valence-electron chi connectivity index (χ4n) is 3.56. The van der Waals surface area contributed by atoms with Crippen LogP contribution in [0.15, 0.2) is 74.5 Å². The fraction of sp³-hybridized carbons (Fsp3) is 0.200. The van der Waals surface area contributed by atoms with Crippen LogP contribution in [-0.2, 0) is 10.0 Å². The van der Waals surface area contributed by atoms with Crippen molar-refractivity contribution in [2.24, 2.45) is 5.92 Å². The molecule has 174 valence electrons. The molecule has 0 aliphatic heterocycles. The third-order valence-electron chi connectivity index (χ3n) is 5.87. The minimum atomic E-state index is -3.68. The van der Waals surface area contributed by atoms with Gasteiger partial charge in [-0.15, -0.1) is 0 Å². The standard InChI is InChI=1S/C25H22FN3O4S/c1-14(2)15(3)29-34(30,31)19-9-10-20-21-12-17(6-11-22(21)32-23(20)13-19)24-27-25(33-28-24)16-4-7-18(26)8-5-16/h4-15,29H,1-3H3/t15-/m0/s1. The first kappa shape index (κ1) is 22.2. The Labute approximate surface area is 195 Å². The molecule has 0 fully saturated rings. The number of sulfonamides is 1. The van der Waals surface area contributed by atoms with E-state index in [4.69, 9.17) is 8.94 Å². The van der Waals surface area contributed by atoms with E-state index in [2.05, 4.69) is 14.9 Å². The molecule has 34 heavy (non-hydrogen) atoms. The van der Waals surface area contributed by atoms with Crippen LogP contribution in [-0.4, -0.2) is 24.6 Å². The second kappa shape index (κ2) is 8.34. The average Bonchev–Trinajstić information content (AvgIpc) is 3.43. The molecule has 9 heteroatoms. The van der Waals surface area contributed by atoms with Gasteiger partial charge in [0.1, 0.15) is 17.0 Å². The van der Waals surface area contributed by atoms with Crippen LogP contribution in [0.3, 0.4) is 0 Å². The Morgan fingerprint density at radius 3 is 2.35 bits per heavy atom. The van der Waals surface area contributed by atoms with E-state index in [1.54, 1.807) is 36.4 Å². The Morgan fingerprint density at radius 2 is 1.62 bits per heavy atom. The van der Waals surface area contributed by atoms with Crippen molar-refractivity contribution in [3.63, 3.8) is 0 Å². The topological polar surface area (TPSA) is 98.2 Å². The van der Waals surface area contributed by atoms with Gasteiger partial charge in [0.15, 0.2) is 0 Å². The Hall–Kier alpha value is -3.56. The number of nitrogens with one attached hydrogen (secondary N) is 1. The van der Waals surface area contributed by atoms with Crippen LogP contribution in [0, 0.1) is 11.7 Å². The summed E-state index contributed by atoms with van der Waals surface area (Å²) in [6.07, 6.45) is 0. The second-order valence-electron chi connectivity index (χ2n) is 8.55. The lowest BCUT2D eigenvalue weighted by molar-refractivity contribution is 0.432. The van der Waals surface area contributed by atoms with Gasteiger partial charge in [-0.1, -0.05) is 19.0 Å². The molecule has 0 bridgehead atoms. The SMILES string of the molecule is CC(C)[C@H](C)NS(=O)(=O)c1ccc2c(c1)oc1ccc(-c3noc(-c4ccc(F)cc4)n3)cc12. The van der Waals surface area contributed by atoms with Crippen molar-refractivity contribution in [2.75, 3.05) is 0 Å². The van der Waals surface area contributed by atoms with Gasteiger partial charge in [0.25, 0.3) is 5.89 Å². The van der Waals surface area contributed by atoms with Crippen molar-refractivity contribution >= 4 is 32.0 Å². The van der Waals surface area contributed by atoms with Crippen LogP contribution in [0.25, 0.3) is 44.8 Å². The molecule has 1 N–H and O–H groups in total. The summed E-state index contributed by atoms with van der Waals surface area (Å²) in [5, 5.41) is 5.62. The Bertz CT molecular complexity index is 1600. The van der Waals surface area contributed by atoms with Crippen LogP contribution < -0.4 is 4.72 Å². The van der Waals surface area contributed by atoms with Gasteiger partial charge >= 0.3 is 0 Å². The normalized spacial score (nSPS) is 13.2. The molecule has 0 spiro atoms. The molecular formula is C25H22FN3O4S. The van der Waals surface area contributed by atoms with Crippen molar-refractivity contribution in [1.82, 2.24) is 14.9 Å². The van der Waals surface area contributed by atoms with Crippen molar-refractivity contribution < 1.29 is 21.7 Å². The molecule has 5 aromatic rings. The van der Waals surface area contributed by atoms with Crippen molar-refractivity contribution in [3.8, 4) is 22.8 Å². The Balaban J connectivity index is 1.50. The zero-order valence-corrected chi connectivity index (χ0v) is 19.6. The van der Waals surface area contributed by atoms with Crippen molar-refractivity contribution in [3.05, 3.63) is 66.5 Å². The van der Waals surface area contributed by atoms with Crippen LogP contribution in [0.4, 0.5) is 4.39 Å². The largest absolute Gasteiger partial charge is 0.456 e. The molecule has 5 rings (SSSR count).